The van der Waals surface area contributed by atoms with E-state index in [1.807, 2.05) is 16.9 Å². The van der Waals surface area contributed by atoms with E-state index in [9.17, 15) is 0 Å². The Morgan fingerprint density at radius 1 is 1.17 bits per heavy atom. The third-order valence-electron chi connectivity index (χ3n) is 3.39. The molecule has 0 aliphatic heterocycles. The van der Waals surface area contributed by atoms with Crippen LogP contribution in [0, 0.1) is 6.92 Å². The predicted octanol–water partition coefficient (Wildman–Crippen LogP) is 2.61. The molecule has 0 aliphatic rings. The Balaban J connectivity index is 0.00000264. The minimum Gasteiger partial charge on any atom is -0.356 e. The van der Waals surface area contributed by atoms with Crippen molar-refractivity contribution in [2.45, 2.75) is 26.3 Å². The molecule has 5 nitrogen and oxygen atoms in total. The van der Waals surface area contributed by atoms with Crippen molar-refractivity contribution < 1.29 is 0 Å². The largest absolute Gasteiger partial charge is 0.356 e. The number of benzene rings is 1. The van der Waals surface area contributed by atoms with Crippen molar-refractivity contribution in [1.29, 1.82) is 0 Å². The van der Waals surface area contributed by atoms with Crippen LogP contribution in [0.4, 0.5) is 0 Å². The number of aliphatic imine (C=N–C) groups is 1. The average Bonchev–Trinajstić information content (AvgIpc) is 2.96. The summed E-state index contributed by atoms with van der Waals surface area (Å²) in [4.78, 5) is 4.24. The first-order valence-corrected chi connectivity index (χ1v) is 7.75. The molecule has 1 aromatic heterocycles. The van der Waals surface area contributed by atoms with Crippen molar-refractivity contribution in [3.8, 4) is 0 Å². The first-order chi connectivity index (χ1) is 10.8. The summed E-state index contributed by atoms with van der Waals surface area (Å²) in [5.74, 6) is 0.854. The molecule has 0 fully saturated rings. The maximum atomic E-state index is 4.28. The highest BCUT2D eigenvalue weighted by molar-refractivity contribution is 14.0. The molecule has 2 N–H and O–H groups in total. The minimum atomic E-state index is 0. The lowest BCUT2D eigenvalue weighted by Gasteiger charge is -2.11. The Bertz CT molecular complexity index is 580. The molecule has 1 aromatic carbocycles. The fraction of sp³-hybridized carbons (Fsp3) is 0.412. The number of hydrogen-bond acceptors (Lipinski definition) is 2. The van der Waals surface area contributed by atoms with Gasteiger partial charge in [-0.1, -0.05) is 30.3 Å². The lowest BCUT2D eigenvalue weighted by Crippen LogP contribution is -2.39. The maximum Gasteiger partial charge on any atom is 0.190 e. The van der Waals surface area contributed by atoms with E-state index in [2.05, 4.69) is 58.1 Å². The molecule has 0 atom stereocenters. The van der Waals surface area contributed by atoms with Crippen LogP contribution in [0.15, 0.2) is 47.7 Å². The normalized spacial score (nSPS) is 11.0. The number of aryl methyl sites for hydroxylation is 2. The maximum absolute atomic E-state index is 4.28. The number of guanidine groups is 1. The molecule has 2 rings (SSSR count). The van der Waals surface area contributed by atoms with Crippen molar-refractivity contribution in [2.24, 2.45) is 4.99 Å². The second kappa shape index (κ2) is 11.0. The molecule has 0 spiro atoms. The minimum absolute atomic E-state index is 0. The van der Waals surface area contributed by atoms with E-state index in [4.69, 9.17) is 0 Å². The fourth-order valence-corrected chi connectivity index (χ4v) is 2.23. The van der Waals surface area contributed by atoms with E-state index in [1.165, 1.54) is 11.1 Å². The number of halogens is 1. The van der Waals surface area contributed by atoms with Gasteiger partial charge in [0.05, 0.1) is 6.20 Å². The molecule has 6 heteroatoms. The van der Waals surface area contributed by atoms with E-state index in [0.29, 0.717) is 0 Å². The summed E-state index contributed by atoms with van der Waals surface area (Å²) in [5.41, 5.74) is 2.53. The summed E-state index contributed by atoms with van der Waals surface area (Å²) < 4.78 is 1.97. The molecule has 2 aromatic rings. The molecular formula is C17H26IN5. The molecule has 1 heterocycles. The Kier molecular flexibility index (Phi) is 9.35. The Morgan fingerprint density at radius 3 is 2.57 bits per heavy atom. The molecule has 0 bridgehead atoms. The Hall–Kier alpha value is -1.57. The second-order valence-electron chi connectivity index (χ2n) is 5.30. The molecule has 0 unspecified atom stereocenters. The van der Waals surface area contributed by atoms with Crippen LogP contribution in [0.1, 0.15) is 17.5 Å². The smallest absolute Gasteiger partial charge is 0.190 e. The van der Waals surface area contributed by atoms with Crippen molar-refractivity contribution in [3.63, 3.8) is 0 Å². The van der Waals surface area contributed by atoms with Crippen molar-refractivity contribution in [2.75, 3.05) is 20.1 Å². The first-order valence-electron chi connectivity index (χ1n) is 7.75. The summed E-state index contributed by atoms with van der Waals surface area (Å²) in [7, 11) is 1.80. The van der Waals surface area contributed by atoms with E-state index in [-0.39, 0.29) is 24.0 Å². The topological polar surface area (TPSA) is 54.2 Å². The zero-order valence-electron chi connectivity index (χ0n) is 13.8. The van der Waals surface area contributed by atoms with Gasteiger partial charge in [-0.15, -0.1) is 24.0 Å². The van der Waals surface area contributed by atoms with Gasteiger partial charge < -0.3 is 10.6 Å². The molecule has 0 amide bonds. The van der Waals surface area contributed by atoms with Gasteiger partial charge in [-0.25, -0.2) is 0 Å². The number of hydrogen-bond donors (Lipinski definition) is 2. The summed E-state index contributed by atoms with van der Waals surface area (Å²) in [6.45, 7) is 4.73. The van der Waals surface area contributed by atoms with Gasteiger partial charge in [-0.2, -0.15) is 5.10 Å². The summed E-state index contributed by atoms with van der Waals surface area (Å²) in [6.07, 6.45) is 5.96. The highest BCUT2D eigenvalue weighted by Crippen LogP contribution is 1.98. The van der Waals surface area contributed by atoms with Crippen LogP contribution in [0.2, 0.25) is 0 Å². The first kappa shape index (κ1) is 19.5. The lowest BCUT2D eigenvalue weighted by molar-refractivity contribution is 0.570. The van der Waals surface area contributed by atoms with Crippen LogP contribution in [-0.4, -0.2) is 35.9 Å². The van der Waals surface area contributed by atoms with Gasteiger partial charge >= 0.3 is 0 Å². The SMILES string of the molecule is CN=C(NCCCn1cc(C)cn1)NCCc1ccccc1.I. The van der Waals surface area contributed by atoms with Crippen LogP contribution in [0.3, 0.4) is 0 Å². The molecule has 0 aliphatic carbocycles. The lowest BCUT2D eigenvalue weighted by atomic mass is 10.1. The van der Waals surface area contributed by atoms with Crippen LogP contribution < -0.4 is 10.6 Å². The summed E-state index contributed by atoms with van der Waals surface area (Å²) >= 11 is 0. The van der Waals surface area contributed by atoms with Crippen molar-refractivity contribution in [3.05, 3.63) is 53.9 Å². The number of nitrogens with one attached hydrogen (secondary N) is 2. The predicted molar refractivity (Wildman–Crippen MR) is 107 cm³/mol. The van der Waals surface area contributed by atoms with E-state index >= 15 is 0 Å². The Morgan fingerprint density at radius 2 is 1.91 bits per heavy atom. The summed E-state index contributed by atoms with van der Waals surface area (Å²) in [5, 5.41) is 10.9. The van der Waals surface area contributed by atoms with Gasteiger partial charge in [0.2, 0.25) is 0 Å². The Labute approximate surface area is 155 Å². The van der Waals surface area contributed by atoms with Gasteiger partial charge in [0, 0.05) is 32.9 Å². The molecule has 0 saturated heterocycles. The number of nitrogens with zero attached hydrogens (tertiary/aromatic N) is 3. The molecule has 0 saturated carbocycles. The van der Waals surface area contributed by atoms with Crippen LogP contribution in [-0.2, 0) is 13.0 Å². The highest BCUT2D eigenvalue weighted by Gasteiger charge is 1.98. The van der Waals surface area contributed by atoms with Crippen LogP contribution in [0.25, 0.3) is 0 Å². The second-order valence-corrected chi connectivity index (χ2v) is 5.30. The standard InChI is InChI=1S/C17H25N5.HI/c1-15-13-21-22(14-15)12-6-10-19-17(18-2)20-11-9-16-7-4-3-5-8-16;/h3-5,7-8,13-14H,6,9-12H2,1-2H3,(H2,18,19,20);1H. The van der Waals surface area contributed by atoms with Gasteiger partial charge in [0.25, 0.3) is 0 Å². The zero-order valence-corrected chi connectivity index (χ0v) is 16.2. The molecule has 23 heavy (non-hydrogen) atoms. The molecule has 0 radical (unpaired) electrons. The van der Waals surface area contributed by atoms with E-state index in [0.717, 1.165) is 38.4 Å². The zero-order chi connectivity index (χ0) is 15.6. The van der Waals surface area contributed by atoms with Gasteiger partial charge in [0.15, 0.2) is 5.96 Å². The van der Waals surface area contributed by atoms with Crippen LogP contribution in [0.5, 0.6) is 0 Å². The number of aromatic nitrogens is 2. The fourth-order valence-electron chi connectivity index (χ4n) is 2.23. The van der Waals surface area contributed by atoms with Crippen LogP contribution >= 0.6 is 24.0 Å². The monoisotopic (exact) mass is 427 g/mol. The third kappa shape index (κ3) is 7.49. The number of rotatable bonds is 7. The molecular weight excluding hydrogens is 401 g/mol. The van der Waals surface area contributed by atoms with Gasteiger partial charge in [0.1, 0.15) is 0 Å². The van der Waals surface area contributed by atoms with Gasteiger partial charge in [-0.05, 0) is 30.9 Å². The van der Waals surface area contributed by atoms with Crippen molar-refractivity contribution >= 4 is 29.9 Å². The summed E-state index contributed by atoms with van der Waals surface area (Å²) in [6, 6.07) is 10.5. The van der Waals surface area contributed by atoms with E-state index < -0.39 is 0 Å². The van der Waals surface area contributed by atoms with Crippen molar-refractivity contribution in [1.82, 2.24) is 20.4 Å². The third-order valence-corrected chi connectivity index (χ3v) is 3.39. The highest BCUT2D eigenvalue weighted by atomic mass is 127. The quantitative estimate of drug-likeness (QED) is 0.309. The van der Waals surface area contributed by atoms with Gasteiger partial charge in [-0.3, -0.25) is 9.67 Å². The molecule has 126 valence electrons. The van der Waals surface area contributed by atoms with E-state index in [1.54, 1.807) is 7.05 Å². The average molecular weight is 427 g/mol.